The first-order valence-electron chi connectivity index (χ1n) is 4.64. The summed E-state index contributed by atoms with van der Waals surface area (Å²) in [7, 11) is 0. The van der Waals surface area contributed by atoms with Gasteiger partial charge < -0.3 is 35.0 Å². The second-order valence-corrected chi connectivity index (χ2v) is 3.29. The summed E-state index contributed by atoms with van der Waals surface area (Å²) in [5.41, 5.74) is 0. The number of hydrogen-bond acceptors (Lipinski definition) is 7. The summed E-state index contributed by atoms with van der Waals surface area (Å²) in [6.45, 7) is -0.865. The molecule has 1 heterocycles. The number of aliphatic hydroxyl groups excluding tert-OH is 5. The van der Waals surface area contributed by atoms with Crippen molar-refractivity contribution < 1.29 is 35.0 Å². The first-order valence-corrected chi connectivity index (χ1v) is 4.64. The normalized spacial score (nSPS) is 41.8. The highest BCUT2D eigenvalue weighted by Crippen LogP contribution is 2.21. The molecule has 0 aromatic heterocycles. The van der Waals surface area contributed by atoms with Gasteiger partial charge in [-0.3, -0.25) is 0 Å². The fourth-order valence-electron chi connectivity index (χ4n) is 1.44. The number of hydrogen-bond donors (Lipinski definition) is 5. The monoisotopic (exact) mass is 224 g/mol. The van der Waals surface area contributed by atoms with Crippen molar-refractivity contribution in [2.45, 2.75) is 30.7 Å². The lowest BCUT2D eigenvalue weighted by atomic mass is 9.99. The Morgan fingerprint density at radius 3 is 2.27 bits per heavy atom. The largest absolute Gasteiger partial charge is 0.394 e. The molecule has 5 atom stereocenters. The Bertz CT molecular complexity index is 188. The van der Waals surface area contributed by atoms with E-state index < -0.39 is 37.3 Å². The van der Waals surface area contributed by atoms with Gasteiger partial charge in [0.25, 0.3) is 0 Å². The van der Waals surface area contributed by atoms with Crippen LogP contribution in [0.2, 0.25) is 0 Å². The number of ether oxygens (including phenoxy) is 2. The molecule has 0 aliphatic carbocycles. The number of rotatable bonds is 4. The van der Waals surface area contributed by atoms with Crippen LogP contribution in [0.5, 0.6) is 0 Å². The Morgan fingerprint density at radius 2 is 1.73 bits per heavy atom. The molecule has 0 amide bonds. The highest BCUT2D eigenvalue weighted by Gasteiger charge is 2.44. The molecule has 15 heavy (non-hydrogen) atoms. The first kappa shape index (κ1) is 12.8. The van der Waals surface area contributed by atoms with E-state index in [4.69, 9.17) is 19.7 Å². The summed E-state index contributed by atoms with van der Waals surface area (Å²) in [5.74, 6) is 0. The second-order valence-electron chi connectivity index (χ2n) is 3.29. The van der Waals surface area contributed by atoms with E-state index in [1.807, 2.05) is 0 Å². The van der Waals surface area contributed by atoms with Crippen molar-refractivity contribution in [1.29, 1.82) is 0 Å². The number of aliphatic hydroxyl groups is 5. The minimum atomic E-state index is -1.44. The van der Waals surface area contributed by atoms with Crippen LogP contribution < -0.4 is 0 Å². The average molecular weight is 224 g/mol. The predicted molar refractivity (Wildman–Crippen MR) is 46.8 cm³/mol. The molecule has 0 bridgehead atoms. The molecule has 1 aliphatic heterocycles. The van der Waals surface area contributed by atoms with Crippen molar-refractivity contribution in [3.05, 3.63) is 0 Å². The average Bonchev–Trinajstić information content (AvgIpc) is 2.23. The summed E-state index contributed by atoms with van der Waals surface area (Å²) in [6, 6.07) is 0. The molecule has 1 rings (SSSR count). The van der Waals surface area contributed by atoms with Gasteiger partial charge in [0, 0.05) is 0 Å². The third kappa shape index (κ3) is 2.85. The molecule has 0 spiro atoms. The molecule has 90 valence electrons. The maximum atomic E-state index is 9.53. The topological polar surface area (TPSA) is 120 Å². The lowest BCUT2D eigenvalue weighted by Crippen LogP contribution is -2.59. The van der Waals surface area contributed by atoms with E-state index in [2.05, 4.69) is 0 Å². The quantitative estimate of drug-likeness (QED) is 0.341. The molecule has 1 aliphatic rings. The van der Waals surface area contributed by atoms with Crippen molar-refractivity contribution in [3.63, 3.8) is 0 Å². The van der Waals surface area contributed by atoms with Gasteiger partial charge in [-0.25, -0.2) is 0 Å². The molecule has 7 heteroatoms. The zero-order valence-electron chi connectivity index (χ0n) is 8.06. The molecule has 1 saturated heterocycles. The van der Waals surface area contributed by atoms with E-state index in [-0.39, 0.29) is 13.2 Å². The summed E-state index contributed by atoms with van der Waals surface area (Å²) in [5, 5.41) is 45.6. The Morgan fingerprint density at radius 1 is 1.07 bits per heavy atom. The Kier molecular flexibility index (Phi) is 4.87. The maximum absolute atomic E-state index is 9.53. The third-order valence-electron chi connectivity index (χ3n) is 2.24. The maximum Gasteiger partial charge on any atom is 0.184 e. The molecule has 7 nitrogen and oxygen atoms in total. The Hall–Kier alpha value is -0.280. The fourth-order valence-corrected chi connectivity index (χ4v) is 1.44. The van der Waals surface area contributed by atoms with Gasteiger partial charge in [-0.15, -0.1) is 0 Å². The second kappa shape index (κ2) is 5.71. The van der Waals surface area contributed by atoms with E-state index in [1.165, 1.54) is 0 Å². The molecular weight excluding hydrogens is 208 g/mol. The van der Waals surface area contributed by atoms with Crippen molar-refractivity contribution in [2.24, 2.45) is 0 Å². The Balaban J connectivity index is 2.58. The Labute approximate surface area is 86.5 Å². The SMILES string of the molecule is OCCO[C@H]1C(O)O[C@H](CO)[C@@H](O)[C@@H]1O. The predicted octanol–water partition coefficient (Wildman–Crippen LogP) is -3.20. The zero-order chi connectivity index (χ0) is 11.4. The molecule has 1 unspecified atom stereocenters. The van der Waals surface area contributed by atoms with E-state index >= 15 is 0 Å². The highest BCUT2D eigenvalue weighted by atomic mass is 16.7. The molecular formula is C8H16O7. The lowest BCUT2D eigenvalue weighted by molar-refractivity contribution is -0.297. The van der Waals surface area contributed by atoms with Crippen LogP contribution >= 0.6 is 0 Å². The molecule has 0 radical (unpaired) electrons. The molecule has 1 fully saturated rings. The summed E-state index contributed by atoms with van der Waals surface area (Å²) in [4.78, 5) is 0. The van der Waals surface area contributed by atoms with Crippen LogP contribution in [0.15, 0.2) is 0 Å². The highest BCUT2D eigenvalue weighted by molar-refractivity contribution is 4.89. The van der Waals surface area contributed by atoms with Crippen LogP contribution in [-0.4, -0.2) is 76.1 Å². The smallest absolute Gasteiger partial charge is 0.184 e. The van der Waals surface area contributed by atoms with Crippen molar-refractivity contribution >= 4 is 0 Å². The summed E-state index contributed by atoms with van der Waals surface area (Å²) >= 11 is 0. The van der Waals surface area contributed by atoms with Gasteiger partial charge in [-0.2, -0.15) is 0 Å². The molecule has 0 aromatic rings. The first-order chi connectivity index (χ1) is 7.11. The van der Waals surface area contributed by atoms with Gasteiger partial charge in [0.1, 0.15) is 24.4 Å². The van der Waals surface area contributed by atoms with E-state index in [0.29, 0.717) is 0 Å². The minimum Gasteiger partial charge on any atom is -0.394 e. The standard InChI is InChI=1S/C8H16O7/c9-1-2-14-7-6(12)5(11)4(3-10)15-8(7)13/h4-13H,1-3H2/t4-,5-,6+,7-,8?/m1/s1. The van der Waals surface area contributed by atoms with Gasteiger partial charge in [0.15, 0.2) is 6.29 Å². The van der Waals surface area contributed by atoms with Crippen LogP contribution in [0, 0.1) is 0 Å². The summed E-state index contributed by atoms with van der Waals surface area (Å²) in [6.07, 6.45) is -6.30. The summed E-state index contributed by atoms with van der Waals surface area (Å²) < 4.78 is 9.72. The third-order valence-corrected chi connectivity index (χ3v) is 2.24. The van der Waals surface area contributed by atoms with Crippen LogP contribution in [0.1, 0.15) is 0 Å². The minimum absolute atomic E-state index is 0.0847. The van der Waals surface area contributed by atoms with E-state index in [1.54, 1.807) is 0 Å². The van der Waals surface area contributed by atoms with E-state index in [0.717, 1.165) is 0 Å². The van der Waals surface area contributed by atoms with Crippen LogP contribution in [-0.2, 0) is 9.47 Å². The van der Waals surface area contributed by atoms with Crippen LogP contribution in [0.4, 0.5) is 0 Å². The van der Waals surface area contributed by atoms with Gasteiger partial charge in [0.05, 0.1) is 19.8 Å². The fraction of sp³-hybridized carbons (Fsp3) is 1.00. The van der Waals surface area contributed by atoms with Gasteiger partial charge in [-0.05, 0) is 0 Å². The van der Waals surface area contributed by atoms with Gasteiger partial charge in [-0.1, -0.05) is 0 Å². The van der Waals surface area contributed by atoms with E-state index in [9.17, 15) is 15.3 Å². The van der Waals surface area contributed by atoms with Crippen molar-refractivity contribution in [2.75, 3.05) is 19.8 Å². The van der Waals surface area contributed by atoms with Crippen molar-refractivity contribution in [1.82, 2.24) is 0 Å². The lowest BCUT2D eigenvalue weighted by Gasteiger charge is -2.39. The van der Waals surface area contributed by atoms with Crippen LogP contribution in [0.25, 0.3) is 0 Å². The molecule has 0 aromatic carbocycles. The zero-order valence-corrected chi connectivity index (χ0v) is 8.06. The molecule has 0 saturated carbocycles. The van der Waals surface area contributed by atoms with Gasteiger partial charge in [0.2, 0.25) is 0 Å². The van der Waals surface area contributed by atoms with Crippen LogP contribution in [0.3, 0.4) is 0 Å². The van der Waals surface area contributed by atoms with Crippen molar-refractivity contribution in [3.8, 4) is 0 Å². The molecule has 5 N–H and O–H groups in total. The van der Waals surface area contributed by atoms with Gasteiger partial charge >= 0.3 is 0 Å².